The van der Waals surface area contributed by atoms with E-state index in [0.717, 1.165) is 0 Å². The van der Waals surface area contributed by atoms with Gasteiger partial charge in [-0.2, -0.15) is 4.31 Å². The molecule has 0 fully saturated rings. The second-order valence-electron chi connectivity index (χ2n) is 3.96. The van der Waals surface area contributed by atoms with Gasteiger partial charge in [0.15, 0.2) is 5.70 Å². The Kier molecular flexibility index (Phi) is 4.31. The first kappa shape index (κ1) is 14.4. The van der Waals surface area contributed by atoms with Gasteiger partial charge in [-0.25, -0.2) is 4.79 Å². The van der Waals surface area contributed by atoms with Gasteiger partial charge in [0.25, 0.3) is 0 Å². The Morgan fingerprint density at radius 3 is 2.80 bits per heavy atom. The van der Waals surface area contributed by atoms with Crippen LogP contribution in [-0.4, -0.2) is 41.8 Å². The SMILES string of the molecule is COC(=O)C1=CC(c2cccc(OC)c2)=N[S+]([O-])N1C. The van der Waals surface area contributed by atoms with Crippen LogP contribution in [0.1, 0.15) is 5.56 Å². The van der Waals surface area contributed by atoms with Crippen LogP contribution in [0.2, 0.25) is 0 Å². The molecule has 1 aromatic rings. The Labute approximate surface area is 120 Å². The van der Waals surface area contributed by atoms with Gasteiger partial charge in [0.1, 0.15) is 11.5 Å². The summed E-state index contributed by atoms with van der Waals surface area (Å²) in [6.45, 7) is 0. The fraction of sp³-hybridized carbons (Fsp3) is 0.231. The predicted octanol–water partition coefficient (Wildman–Crippen LogP) is 1.07. The highest BCUT2D eigenvalue weighted by atomic mass is 32.2. The summed E-state index contributed by atoms with van der Waals surface area (Å²) in [5.41, 5.74) is 1.35. The average Bonchev–Trinajstić information content (AvgIpc) is 2.49. The minimum Gasteiger partial charge on any atom is -0.566 e. The third-order valence-electron chi connectivity index (χ3n) is 2.78. The summed E-state index contributed by atoms with van der Waals surface area (Å²) in [5, 5.41) is 0. The molecule has 1 aliphatic heterocycles. The van der Waals surface area contributed by atoms with Crippen LogP contribution >= 0.6 is 0 Å². The molecule has 0 radical (unpaired) electrons. The summed E-state index contributed by atoms with van der Waals surface area (Å²) in [6.07, 6.45) is 1.54. The van der Waals surface area contributed by atoms with Crippen LogP contribution in [0.15, 0.2) is 40.4 Å². The number of rotatable bonds is 3. The van der Waals surface area contributed by atoms with Crippen molar-refractivity contribution in [2.75, 3.05) is 21.3 Å². The molecule has 0 amide bonds. The van der Waals surface area contributed by atoms with Crippen molar-refractivity contribution >= 4 is 23.2 Å². The molecule has 0 saturated heterocycles. The minimum atomic E-state index is -1.66. The fourth-order valence-electron chi connectivity index (χ4n) is 1.69. The topological polar surface area (TPSA) is 74.2 Å². The number of esters is 1. The van der Waals surface area contributed by atoms with E-state index in [0.29, 0.717) is 17.0 Å². The summed E-state index contributed by atoms with van der Waals surface area (Å²) >= 11 is -1.66. The summed E-state index contributed by atoms with van der Waals surface area (Å²) < 4.78 is 27.1. The Bertz CT molecular complexity index is 585. The number of carbonyl (C=O) groups excluding carboxylic acids is 1. The van der Waals surface area contributed by atoms with E-state index in [1.165, 1.54) is 18.5 Å². The predicted molar refractivity (Wildman–Crippen MR) is 75.5 cm³/mol. The molecule has 0 saturated carbocycles. The number of benzene rings is 1. The molecular weight excluding hydrogens is 280 g/mol. The zero-order valence-electron chi connectivity index (χ0n) is 11.3. The summed E-state index contributed by atoms with van der Waals surface area (Å²) in [4.78, 5) is 11.7. The molecule has 1 unspecified atom stereocenters. The third kappa shape index (κ3) is 2.78. The number of methoxy groups -OCH3 is 2. The lowest BCUT2D eigenvalue weighted by Gasteiger charge is -2.22. The molecule has 106 valence electrons. The number of ether oxygens (including phenoxy) is 2. The lowest BCUT2D eigenvalue weighted by atomic mass is 10.1. The van der Waals surface area contributed by atoms with Crippen molar-refractivity contribution in [2.45, 2.75) is 0 Å². The van der Waals surface area contributed by atoms with Crippen LogP contribution in [-0.2, 0) is 21.1 Å². The zero-order valence-corrected chi connectivity index (χ0v) is 12.1. The van der Waals surface area contributed by atoms with Gasteiger partial charge in [-0.15, -0.1) is 0 Å². The van der Waals surface area contributed by atoms with Crippen LogP contribution in [0.3, 0.4) is 0 Å². The molecule has 0 aliphatic carbocycles. The molecule has 1 aliphatic rings. The lowest BCUT2D eigenvalue weighted by Crippen LogP contribution is -2.33. The molecule has 0 bridgehead atoms. The highest BCUT2D eigenvalue weighted by Crippen LogP contribution is 2.22. The Hall–Kier alpha value is -1.99. The molecular formula is C13H14N2O4S. The largest absolute Gasteiger partial charge is 0.566 e. The van der Waals surface area contributed by atoms with Gasteiger partial charge >= 0.3 is 5.97 Å². The van der Waals surface area contributed by atoms with Gasteiger partial charge in [0, 0.05) is 11.6 Å². The number of carbonyl (C=O) groups is 1. The molecule has 0 spiro atoms. The number of nitrogens with zero attached hydrogens (tertiary/aromatic N) is 2. The molecule has 1 aromatic carbocycles. The highest BCUT2D eigenvalue weighted by molar-refractivity contribution is 7.88. The van der Waals surface area contributed by atoms with Gasteiger partial charge in [-0.3, -0.25) is 0 Å². The molecule has 20 heavy (non-hydrogen) atoms. The van der Waals surface area contributed by atoms with E-state index >= 15 is 0 Å². The fourth-order valence-corrected chi connectivity index (χ4v) is 2.43. The number of likely N-dealkylation sites (N-methyl/N-ethyl adjacent to an activating group) is 1. The van der Waals surface area contributed by atoms with E-state index in [9.17, 15) is 9.35 Å². The standard InChI is InChI=1S/C13H14N2O4S/c1-15-12(13(16)19-3)8-11(14-20(15)17)9-5-4-6-10(7-9)18-2/h4-8H,1-3H3. The monoisotopic (exact) mass is 294 g/mol. The minimum absolute atomic E-state index is 0.193. The molecule has 7 heteroatoms. The van der Waals surface area contributed by atoms with Crippen molar-refractivity contribution in [3.05, 3.63) is 41.6 Å². The van der Waals surface area contributed by atoms with Gasteiger partial charge in [-0.05, 0) is 16.5 Å². The molecule has 0 aromatic heterocycles. The first-order valence-electron chi connectivity index (χ1n) is 5.75. The van der Waals surface area contributed by atoms with Crippen molar-refractivity contribution in [1.29, 1.82) is 0 Å². The van der Waals surface area contributed by atoms with E-state index in [4.69, 9.17) is 4.74 Å². The van der Waals surface area contributed by atoms with E-state index in [2.05, 4.69) is 9.13 Å². The van der Waals surface area contributed by atoms with Gasteiger partial charge in [0.2, 0.25) is 11.5 Å². The van der Waals surface area contributed by atoms with Crippen molar-refractivity contribution in [3.63, 3.8) is 0 Å². The van der Waals surface area contributed by atoms with Crippen molar-refractivity contribution in [3.8, 4) is 5.75 Å². The Morgan fingerprint density at radius 1 is 1.40 bits per heavy atom. The molecule has 1 atom stereocenters. The normalized spacial score (nSPS) is 18.2. The van der Waals surface area contributed by atoms with Gasteiger partial charge < -0.3 is 14.0 Å². The molecule has 6 nitrogen and oxygen atoms in total. The number of hydrogen-bond donors (Lipinski definition) is 0. The van der Waals surface area contributed by atoms with Crippen LogP contribution in [0.5, 0.6) is 5.75 Å². The van der Waals surface area contributed by atoms with Crippen LogP contribution < -0.4 is 4.74 Å². The van der Waals surface area contributed by atoms with Gasteiger partial charge in [0.05, 0.1) is 21.3 Å². The first-order valence-corrected chi connectivity index (χ1v) is 6.82. The van der Waals surface area contributed by atoms with E-state index in [1.54, 1.807) is 37.5 Å². The van der Waals surface area contributed by atoms with Crippen molar-refractivity contribution < 1.29 is 18.8 Å². The second kappa shape index (κ2) is 5.98. The quantitative estimate of drug-likeness (QED) is 0.615. The molecule has 2 rings (SSSR count). The lowest BCUT2D eigenvalue weighted by molar-refractivity contribution is -0.137. The Morgan fingerprint density at radius 2 is 2.15 bits per heavy atom. The average molecular weight is 294 g/mol. The number of allylic oxidation sites excluding steroid dienone is 1. The maximum Gasteiger partial charge on any atom is 0.359 e. The van der Waals surface area contributed by atoms with Crippen LogP contribution in [0.25, 0.3) is 0 Å². The van der Waals surface area contributed by atoms with Gasteiger partial charge in [-0.1, -0.05) is 12.1 Å². The van der Waals surface area contributed by atoms with Crippen molar-refractivity contribution in [2.24, 2.45) is 4.40 Å². The summed E-state index contributed by atoms with van der Waals surface area (Å²) in [6, 6.07) is 7.15. The van der Waals surface area contributed by atoms with Crippen molar-refractivity contribution in [1.82, 2.24) is 4.31 Å². The molecule has 0 N–H and O–H groups in total. The van der Waals surface area contributed by atoms with Crippen LogP contribution in [0.4, 0.5) is 0 Å². The first-order chi connectivity index (χ1) is 9.56. The van der Waals surface area contributed by atoms with E-state index in [-0.39, 0.29) is 5.70 Å². The summed E-state index contributed by atoms with van der Waals surface area (Å²) in [5.74, 6) is 0.0964. The maximum absolute atomic E-state index is 11.9. The smallest absolute Gasteiger partial charge is 0.359 e. The Balaban J connectivity index is 2.42. The van der Waals surface area contributed by atoms with E-state index in [1.807, 2.05) is 0 Å². The van der Waals surface area contributed by atoms with E-state index < -0.39 is 17.5 Å². The zero-order chi connectivity index (χ0) is 14.7. The second-order valence-corrected chi connectivity index (χ2v) is 5.15. The van der Waals surface area contributed by atoms with Crippen LogP contribution in [0, 0.1) is 0 Å². The maximum atomic E-state index is 11.9. The highest BCUT2D eigenvalue weighted by Gasteiger charge is 2.30. The summed E-state index contributed by atoms with van der Waals surface area (Å²) in [7, 11) is 4.35. The third-order valence-corrected chi connectivity index (χ3v) is 3.80. The number of hydrogen-bond acceptors (Lipinski definition) is 6. The molecule has 1 heterocycles.